The van der Waals surface area contributed by atoms with Crippen LogP contribution in [0.25, 0.3) is 0 Å². The highest BCUT2D eigenvalue weighted by atomic mass is 35.5. The third-order valence-electron chi connectivity index (χ3n) is 4.80. The summed E-state index contributed by atoms with van der Waals surface area (Å²) in [5, 5.41) is 0.796. The van der Waals surface area contributed by atoms with E-state index in [2.05, 4.69) is 0 Å². The smallest absolute Gasteiger partial charge is 0.227 e. The molecule has 144 valence electrons. The van der Waals surface area contributed by atoms with E-state index in [9.17, 15) is 13.2 Å². The van der Waals surface area contributed by atoms with Gasteiger partial charge in [-0.15, -0.1) is 0 Å². The fraction of sp³-hybridized carbons (Fsp3) is 0.588. The standard InChI is InChI=1S/C17H22Cl2N2O4S/c18-15-4-3-14(16(19)10-15)12-26(23,24)21-5-1-2-13(11-21)17(22)20-6-8-25-9-7-20/h3-4,10,13H,1-2,5-9,11-12H2. The molecule has 26 heavy (non-hydrogen) atoms. The van der Waals surface area contributed by atoms with Gasteiger partial charge < -0.3 is 9.64 Å². The summed E-state index contributed by atoms with van der Waals surface area (Å²) in [5.41, 5.74) is 0.512. The zero-order chi connectivity index (χ0) is 18.7. The molecule has 1 unspecified atom stereocenters. The number of piperidine rings is 1. The van der Waals surface area contributed by atoms with E-state index in [-0.39, 0.29) is 24.1 Å². The summed E-state index contributed by atoms with van der Waals surface area (Å²) in [6, 6.07) is 4.79. The van der Waals surface area contributed by atoms with Gasteiger partial charge in [0.2, 0.25) is 15.9 Å². The highest BCUT2D eigenvalue weighted by molar-refractivity contribution is 7.88. The molecule has 0 N–H and O–H groups in total. The van der Waals surface area contributed by atoms with Gasteiger partial charge in [0.05, 0.1) is 24.9 Å². The van der Waals surface area contributed by atoms with Gasteiger partial charge >= 0.3 is 0 Å². The van der Waals surface area contributed by atoms with E-state index in [1.807, 2.05) is 0 Å². The number of hydrogen-bond donors (Lipinski definition) is 0. The average Bonchev–Trinajstić information content (AvgIpc) is 2.64. The first-order valence-corrected chi connectivity index (χ1v) is 11.0. The Morgan fingerprint density at radius 1 is 1.19 bits per heavy atom. The van der Waals surface area contributed by atoms with Gasteiger partial charge in [0, 0.05) is 36.2 Å². The van der Waals surface area contributed by atoms with Crippen molar-refractivity contribution in [1.29, 1.82) is 0 Å². The molecule has 1 aromatic rings. The number of halogens is 2. The Morgan fingerprint density at radius 2 is 1.92 bits per heavy atom. The van der Waals surface area contributed by atoms with Gasteiger partial charge in [-0.05, 0) is 30.5 Å². The van der Waals surface area contributed by atoms with Crippen molar-refractivity contribution in [2.75, 3.05) is 39.4 Å². The normalized spacial score (nSPS) is 22.4. The number of sulfonamides is 1. The third kappa shape index (κ3) is 4.70. The van der Waals surface area contributed by atoms with E-state index in [0.717, 1.165) is 0 Å². The van der Waals surface area contributed by atoms with E-state index in [0.29, 0.717) is 61.3 Å². The van der Waals surface area contributed by atoms with Crippen LogP contribution in [0.15, 0.2) is 18.2 Å². The number of hydrogen-bond acceptors (Lipinski definition) is 4. The van der Waals surface area contributed by atoms with Crippen molar-refractivity contribution < 1.29 is 17.9 Å². The lowest BCUT2D eigenvalue weighted by Gasteiger charge is -2.35. The number of amides is 1. The second-order valence-corrected chi connectivity index (χ2v) is 9.44. The number of benzene rings is 1. The Kier molecular flexibility index (Phi) is 6.45. The van der Waals surface area contributed by atoms with Gasteiger partial charge in [0.15, 0.2) is 0 Å². The topological polar surface area (TPSA) is 66.9 Å². The van der Waals surface area contributed by atoms with Crippen LogP contribution in [0.4, 0.5) is 0 Å². The molecular weight excluding hydrogens is 399 g/mol. The minimum Gasteiger partial charge on any atom is -0.378 e. The van der Waals surface area contributed by atoms with E-state index in [1.165, 1.54) is 10.4 Å². The van der Waals surface area contributed by atoms with Crippen LogP contribution in [0, 0.1) is 5.92 Å². The van der Waals surface area contributed by atoms with Crippen molar-refractivity contribution >= 4 is 39.1 Å². The highest BCUT2D eigenvalue weighted by Gasteiger charge is 2.34. The lowest BCUT2D eigenvalue weighted by atomic mass is 9.98. The van der Waals surface area contributed by atoms with Crippen molar-refractivity contribution in [3.8, 4) is 0 Å². The molecule has 0 radical (unpaired) electrons. The molecule has 6 nitrogen and oxygen atoms in total. The van der Waals surface area contributed by atoms with Crippen LogP contribution in [0.5, 0.6) is 0 Å². The minimum absolute atomic E-state index is 0.0257. The molecule has 2 heterocycles. The Labute approximate surface area is 164 Å². The molecule has 9 heteroatoms. The van der Waals surface area contributed by atoms with Crippen LogP contribution in [0.2, 0.25) is 10.0 Å². The van der Waals surface area contributed by atoms with Crippen molar-refractivity contribution in [2.24, 2.45) is 5.92 Å². The second-order valence-electron chi connectivity index (χ2n) is 6.63. The van der Waals surface area contributed by atoms with Crippen LogP contribution in [-0.2, 0) is 25.3 Å². The summed E-state index contributed by atoms with van der Waals surface area (Å²) in [5.74, 6) is -0.461. The molecule has 0 bridgehead atoms. The van der Waals surface area contributed by atoms with Gasteiger partial charge in [-0.2, -0.15) is 0 Å². The minimum atomic E-state index is -3.56. The molecule has 1 aromatic carbocycles. The fourth-order valence-electron chi connectivity index (χ4n) is 3.37. The first-order chi connectivity index (χ1) is 12.4. The molecule has 2 saturated heterocycles. The summed E-state index contributed by atoms with van der Waals surface area (Å²) in [7, 11) is -3.56. The van der Waals surface area contributed by atoms with E-state index in [4.69, 9.17) is 27.9 Å². The molecule has 1 atom stereocenters. The third-order valence-corrected chi connectivity index (χ3v) is 7.18. The van der Waals surface area contributed by atoms with Gasteiger partial charge in [-0.1, -0.05) is 29.3 Å². The number of carbonyl (C=O) groups excluding carboxylic acids is 1. The number of morpholine rings is 1. The van der Waals surface area contributed by atoms with E-state index >= 15 is 0 Å². The van der Waals surface area contributed by atoms with Crippen molar-refractivity contribution in [1.82, 2.24) is 9.21 Å². The predicted molar refractivity (Wildman–Crippen MR) is 101 cm³/mol. The van der Waals surface area contributed by atoms with Crippen LogP contribution in [0.3, 0.4) is 0 Å². The largest absolute Gasteiger partial charge is 0.378 e. The van der Waals surface area contributed by atoms with Crippen LogP contribution in [-0.4, -0.2) is 62.9 Å². The second kappa shape index (κ2) is 8.44. The Hall–Kier alpha value is -0.860. The molecule has 1 amide bonds. The van der Waals surface area contributed by atoms with E-state index in [1.54, 1.807) is 17.0 Å². The molecule has 2 fully saturated rings. The maximum Gasteiger partial charge on any atom is 0.227 e. The molecule has 2 aliphatic rings. The lowest BCUT2D eigenvalue weighted by molar-refractivity contribution is -0.140. The van der Waals surface area contributed by atoms with Crippen molar-refractivity contribution in [2.45, 2.75) is 18.6 Å². The Bertz CT molecular complexity index is 766. The zero-order valence-electron chi connectivity index (χ0n) is 14.4. The zero-order valence-corrected chi connectivity index (χ0v) is 16.7. The van der Waals surface area contributed by atoms with Crippen LogP contribution >= 0.6 is 23.2 Å². The maximum absolute atomic E-state index is 12.8. The summed E-state index contributed by atoms with van der Waals surface area (Å²) >= 11 is 12.0. The molecule has 0 aliphatic carbocycles. The molecule has 0 saturated carbocycles. The number of carbonyl (C=O) groups is 1. The van der Waals surface area contributed by atoms with Crippen LogP contribution < -0.4 is 0 Å². The Balaban J connectivity index is 1.68. The average molecular weight is 421 g/mol. The number of rotatable bonds is 4. The number of ether oxygens (including phenoxy) is 1. The van der Waals surface area contributed by atoms with Gasteiger partial charge in [0.1, 0.15) is 0 Å². The highest BCUT2D eigenvalue weighted by Crippen LogP contribution is 2.27. The SMILES string of the molecule is O=C(C1CCCN(S(=O)(=O)Cc2ccc(Cl)cc2Cl)C1)N1CCOCC1. The van der Waals surface area contributed by atoms with Gasteiger partial charge in [0.25, 0.3) is 0 Å². The fourth-order valence-corrected chi connectivity index (χ4v) is 5.56. The monoisotopic (exact) mass is 420 g/mol. The quantitative estimate of drug-likeness (QED) is 0.749. The summed E-state index contributed by atoms with van der Waals surface area (Å²) in [6.45, 7) is 2.88. The molecular formula is C17H22Cl2N2O4S. The van der Waals surface area contributed by atoms with Crippen molar-refractivity contribution in [3.05, 3.63) is 33.8 Å². The summed E-state index contributed by atoms with van der Waals surface area (Å²) in [6.07, 6.45) is 1.39. The van der Waals surface area contributed by atoms with Gasteiger partial charge in [-0.3, -0.25) is 4.79 Å². The Morgan fingerprint density at radius 3 is 2.62 bits per heavy atom. The first kappa shape index (κ1) is 19.9. The van der Waals surface area contributed by atoms with Crippen LogP contribution in [0.1, 0.15) is 18.4 Å². The maximum atomic E-state index is 12.8. The predicted octanol–water partition coefficient (Wildman–Crippen LogP) is 2.39. The molecule has 0 aromatic heterocycles. The summed E-state index contributed by atoms with van der Waals surface area (Å²) in [4.78, 5) is 14.5. The first-order valence-electron chi connectivity index (χ1n) is 8.65. The molecule has 0 spiro atoms. The number of nitrogens with zero attached hydrogens (tertiary/aromatic N) is 2. The van der Waals surface area contributed by atoms with E-state index < -0.39 is 10.0 Å². The molecule has 3 rings (SSSR count). The lowest BCUT2D eigenvalue weighted by Crippen LogP contribution is -2.49. The summed E-state index contributed by atoms with van der Waals surface area (Å²) < 4.78 is 32.3. The van der Waals surface area contributed by atoms with Crippen molar-refractivity contribution in [3.63, 3.8) is 0 Å². The molecule has 2 aliphatic heterocycles. The van der Waals surface area contributed by atoms with Gasteiger partial charge in [-0.25, -0.2) is 12.7 Å².